The average Bonchev–Trinajstić information content (AvgIpc) is 3.72. The lowest BCUT2D eigenvalue weighted by atomic mass is 10.0. The Labute approximate surface area is 193 Å². The van der Waals surface area contributed by atoms with Crippen molar-refractivity contribution in [3.8, 4) is 22.8 Å². The van der Waals surface area contributed by atoms with E-state index in [0.29, 0.717) is 12.1 Å². The van der Waals surface area contributed by atoms with Crippen molar-refractivity contribution in [2.24, 2.45) is 0 Å². The number of fused-ring (bicyclic) bond motifs is 1. The van der Waals surface area contributed by atoms with Gasteiger partial charge in [0.25, 0.3) is 5.91 Å². The lowest BCUT2D eigenvalue weighted by molar-refractivity contribution is 0.0732. The van der Waals surface area contributed by atoms with E-state index in [9.17, 15) is 4.79 Å². The zero-order chi connectivity index (χ0) is 22.8. The Hall–Kier alpha value is -3.86. The fraction of sp³-hybridized carbons (Fsp3) is 0.214. The van der Waals surface area contributed by atoms with Crippen LogP contribution in [0.5, 0.6) is 11.5 Å². The molecule has 3 aromatic carbocycles. The summed E-state index contributed by atoms with van der Waals surface area (Å²) in [7, 11) is 3.30. The molecule has 1 aromatic heterocycles. The molecule has 1 heterocycles. The summed E-state index contributed by atoms with van der Waals surface area (Å²) in [5.74, 6) is 1.64. The minimum Gasteiger partial charge on any atom is -0.497 e. The van der Waals surface area contributed by atoms with Crippen LogP contribution in [0.15, 0.2) is 78.9 Å². The quantitative estimate of drug-likeness (QED) is 0.370. The van der Waals surface area contributed by atoms with Crippen molar-refractivity contribution in [1.82, 2.24) is 9.88 Å². The van der Waals surface area contributed by atoms with Crippen molar-refractivity contribution in [2.45, 2.75) is 25.4 Å². The minimum atomic E-state index is 0.0432. The van der Waals surface area contributed by atoms with E-state index in [0.717, 1.165) is 52.1 Å². The average molecular weight is 439 g/mol. The van der Waals surface area contributed by atoms with Crippen molar-refractivity contribution in [3.63, 3.8) is 0 Å². The highest BCUT2D eigenvalue weighted by Gasteiger charge is 2.34. The summed E-state index contributed by atoms with van der Waals surface area (Å²) in [6.45, 7) is 0.571. The molecule has 0 radical (unpaired) electrons. The molecule has 5 heteroatoms. The molecule has 0 bridgehead atoms. The zero-order valence-electron chi connectivity index (χ0n) is 18.8. The molecule has 1 aliphatic rings. The Bertz CT molecular complexity index is 1280. The molecule has 5 rings (SSSR count). The summed E-state index contributed by atoms with van der Waals surface area (Å²) in [4.78, 5) is 20.7. The Morgan fingerprint density at radius 3 is 2.18 bits per heavy atom. The first-order valence-corrected chi connectivity index (χ1v) is 11.1. The number of nitrogens with zero attached hydrogens (tertiary/aromatic N) is 2. The molecule has 0 aliphatic heterocycles. The van der Waals surface area contributed by atoms with Crippen LogP contribution in [-0.2, 0) is 6.54 Å². The molecule has 0 N–H and O–H groups in total. The fourth-order valence-corrected chi connectivity index (χ4v) is 4.10. The molecule has 1 amide bonds. The Balaban J connectivity index is 1.54. The van der Waals surface area contributed by atoms with Gasteiger partial charge in [0, 0.05) is 23.5 Å². The highest BCUT2D eigenvalue weighted by atomic mass is 16.5. The van der Waals surface area contributed by atoms with Gasteiger partial charge in [0.05, 0.1) is 31.0 Å². The van der Waals surface area contributed by atoms with E-state index in [1.54, 1.807) is 14.2 Å². The maximum Gasteiger partial charge on any atom is 0.255 e. The maximum atomic E-state index is 13.9. The normalized spacial score (nSPS) is 13.0. The number of amides is 1. The fourth-order valence-electron chi connectivity index (χ4n) is 4.10. The van der Waals surface area contributed by atoms with E-state index in [-0.39, 0.29) is 11.9 Å². The number of ether oxygens (including phenoxy) is 2. The van der Waals surface area contributed by atoms with Crippen LogP contribution in [0.25, 0.3) is 22.2 Å². The number of carbonyl (C=O) groups is 1. The number of benzene rings is 3. The Morgan fingerprint density at radius 1 is 0.909 bits per heavy atom. The standard InChI is InChI=1S/C28H26N2O3/c1-32-22-13-7-19(8-14-22)18-30(21-11-12-21)28(31)25-17-27(20-9-15-23(33-2)16-10-20)29-26-6-4-3-5-24(25)26/h3-10,13-17,21H,11-12,18H2,1-2H3. The topological polar surface area (TPSA) is 51.7 Å². The lowest BCUT2D eigenvalue weighted by Gasteiger charge is -2.24. The van der Waals surface area contributed by atoms with Gasteiger partial charge >= 0.3 is 0 Å². The van der Waals surface area contributed by atoms with E-state index < -0.39 is 0 Å². The second-order valence-electron chi connectivity index (χ2n) is 8.31. The molecule has 0 spiro atoms. The third-order valence-electron chi connectivity index (χ3n) is 6.09. The molecule has 1 aliphatic carbocycles. The second-order valence-corrected chi connectivity index (χ2v) is 8.31. The van der Waals surface area contributed by atoms with Gasteiger partial charge in [-0.15, -0.1) is 0 Å². The number of rotatable bonds is 7. The van der Waals surface area contributed by atoms with Crippen LogP contribution in [0.1, 0.15) is 28.8 Å². The molecule has 5 nitrogen and oxygen atoms in total. The summed E-state index contributed by atoms with van der Waals surface area (Å²) in [5.41, 5.74) is 4.31. The molecule has 33 heavy (non-hydrogen) atoms. The van der Waals surface area contributed by atoms with Gasteiger partial charge in [0.2, 0.25) is 0 Å². The summed E-state index contributed by atoms with van der Waals surface area (Å²) < 4.78 is 10.6. The van der Waals surface area contributed by atoms with Gasteiger partial charge in [0.15, 0.2) is 0 Å². The van der Waals surface area contributed by atoms with Crippen LogP contribution in [0, 0.1) is 0 Å². The van der Waals surface area contributed by atoms with E-state index in [1.807, 2.05) is 83.8 Å². The van der Waals surface area contributed by atoms with Crippen molar-refractivity contribution in [1.29, 1.82) is 0 Å². The zero-order valence-corrected chi connectivity index (χ0v) is 18.8. The van der Waals surface area contributed by atoms with E-state index in [1.165, 1.54) is 0 Å². The molecule has 0 unspecified atom stereocenters. The van der Waals surface area contributed by atoms with Gasteiger partial charge in [-0.25, -0.2) is 4.98 Å². The number of pyridine rings is 1. The van der Waals surface area contributed by atoms with Gasteiger partial charge in [-0.2, -0.15) is 0 Å². The van der Waals surface area contributed by atoms with Crippen molar-refractivity contribution in [3.05, 3.63) is 90.0 Å². The van der Waals surface area contributed by atoms with Crippen LogP contribution in [0.2, 0.25) is 0 Å². The van der Waals surface area contributed by atoms with E-state index in [2.05, 4.69) is 0 Å². The predicted octanol–water partition coefficient (Wildman–Crippen LogP) is 5.72. The van der Waals surface area contributed by atoms with E-state index in [4.69, 9.17) is 14.5 Å². The van der Waals surface area contributed by atoms with Gasteiger partial charge in [-0.3, -0.25) is 4.79 Å². The summed E-state index contributed by atoms with van der Waals surface area (Å²) in [6.07, 6.45) is 2.08. The lowest BCUT2D eigenvalue weighted by Crippen LogP contribution is -2.32. The van der Waals surface area contributed by atoms with Gasteiger partial charge < -0.3 is 14.4 Å². The SMILES string of the molecule is COc1ccc(CN(C(=O)c2cc(-c3ccc(OC)cc3)nc3ccccc23)C2CC2)cc1. The van der Waals surface area contributed by atoms with Crippen LogP contribution >= 0.6 is 0 Å². The summed E-state index contributed by atoms with van der Waals surface area (Å²) in [5, 5.41) is 0.875. The largest absolute Gasteiger partial charge is 0.497 e. The van der Waals surface area contributed by atoms with Crippen LogP contribution in [-0.4, -0.2) is 36.1 Å². The Morgan fingerprint density at radius 2 is 1.55 bits per heavy atom. The number of aromatic nitrogens is 1. The molecule has 4 aromatic rings. The number of methoxy groups -OCH3 is 2. The number of hydrogen-bond donors (Lipinski definition) is 0. The molecular weight excluding hydrogens is 412 g/mol. The summed E-state index contributed by atoms with van der Waals surface area (Å²) >= 11 is 0. The smallest absolute Gasteiger partial charge is 0.255 e. The molecular formula is C28H26N2O3. The van der Waals surface area contributed by atoms with Crippen molar-refractivity contribution in [2.75, 3.05) is 14.2 Å². The highest BCUT2D eigenvalue weighted by Crippen LogP contribution is 2.33. The highest BCUT2D eigenvalue weighted by molar-refractivity contribution is 6.07. The van der Waals surface area contributed by atoms with Crippen LogP contribution in [0.4, 0.5) is 0 Å². The maximum absolute atomic E-state index is 13.9. The molecule has 166 valence electrons. The van der Waals surface area contributed by atoms with Crippen LogP contribution < -0.4 is 9.47 Å². The predicted molar refractivity (Wildman–Crippen MR) is 130 cm³/mol. The molecule has 0 atom stereocenters. The first-order chi connectivity index (χ1) is 16.2. The number of hydrogen-bond acceptors (Lipinski definition) is 4. The van der Waals surface area contributed by atoms with E-state index >= 15 is 0 Å². The minimum absolute atomic E-state index is 0.0432. The number of carbonyl (C=O) groups excluding carboxylic acids is 1. The van der Waals surface area contributed by atoms with Crippen molar-refractivity contribution >= 4 is 16.8 Å². The van der Waals surface area contributed by atoms with Crippen molar-refractivity contribution < 1.29 is 14.3 Å². The number of para-hydroxylation sites is 1. The second kappa shape index (κ2) is 8.94. The molecule has 0 saturated heterocycles. The first-order valence-electron chi connectivity index (χ1n) is 11.1. The van der Waals surface area contributed by atoms with Gasteiger partial charge in [-0.1, -0.05) is 30.3 Å². The van der Waals surface area contributed by atoms with Crippen LogP contribution in [0.3, 0.4) is 0 Å². The Kier molecular flexibility index (Phi) is 5.69. The monoisotopic (exact) mass is 438 g/mol. The summed E-state index contributed by atoms with van der Waals surface area (Å²) in [6, 6.07) is 25.7. The van der Waals surface area contributed by atoms with Gasteiger partial charge in [-0.05, 0) is 66.9 Å². The first kappa shape index (κ1) is 21.0. The molecule has 1 saturated carbocycles. The third-order valence-corrected chi connectivity index (χ3v) is 6.09. The van der Waals surface area contributed by atoms with Gasteiger partial charge in [0.1, 0.15) is 11.5 Å². The third kappa shape index (κ3) is 4.40. The molecule has 1 fully saturated rings.